The largest absolute Gasteiger partial charge is 0.311 e. The molecular formula is C19H38N2. The van der Waals surface area contributed by atoms with E-state index in [2.05, 4.69) is 51.8 Å². The average molecular weight is 295 g/mol. The van der Waals surface area contributed by atoms with E-state index in [0.717, 1.165) is 18.0 Å². The molecule has 1 aliphatic carbocycles. The summed E-state index contributed by atoms with van der Waals surface area (Å²) in [5, 5.41) is 3.98. The first-order valence-corrected chi connectivity index (χ1v) is 9.17. The Kier molecular flexibility index (Phi) is 5.41. The molecule has 2 fully saturated rings. The zero-order chi connectivity index (χ0) is 15.7. The molecule has 0 bridgehead atoms. The molecule has 2 aliphatic rings. The summed E-state index contributed by atoms with van der Waals surface area (Å²) >= 11 is 0. The second kappa shape index (κ2) is 6.58. The standard InChI is InChI=1S/C19H38N2/c1-18(2,3)15-7-9-16(10-8-15)20-17-11-13-21(14-12-17)19(4,5)6/h15-17,20H,7-14H2,1-6H3. The molecule has 1 heterocycles. The Labute approximate surface area is 133 Å². The van der Waals surface area contributed by atoms with Crippen LogP contribution in [-0.4, -0.2) is 35.6 Å². The lowest BCUT2D eigenvalue weighted by atomic mass is 9.71. The molecule has 0 aromatic rings. The quantitative estimate of drug-likeness (QED) is 0.810. The van der Waals surface area contributed by atoms with Crippen LogP contribution in [0.25, 0.3) is 0 Å². The van der Waals surface area contributed by atoms with Gasteiger partial charge in [0.05, 0.1) is 0 Å². The second-order valence-electron chi connectivity index (χ2n) is 9.51. The first kappa shape index (κ1) is 17.3. The highest BCUT2D eigenvalue weighted by atomic mass is 15.2. The van der Waals surface area contributed by atoms with E-state index in [1.54, 1.807) is 0 Å². The van der Waals surface area contributed by atoms with E-state index in [1.165, 1.54) is 51.6 Å². The normalized spacial score (nSPS) is 30.6. The number of likely N-dealkylation sites (tertiary alicyclic amines) is 1. The van der Waals surface area contributed by atoms with Gasteiger partial charge in [0.2, 0.25) is 0 Å². The fourth-order valence-corrected chi connectivity index (χ4v) is 4.18. The molecule has 2 rings (SSSR count). The molecule has 0 unspecified atom stereocenters. The van der Waals surface area contributed by atoms with Crippen LogP contribution in [0.15, 0.2) is 0 Å². The molecule has 0 radical (unpaired) electrons. The van der Waals surface area contributed by atoms with Crippen molar-refractivity contribution >= 4 is 0 Å². The molecule has 2 nitrogen and oxygen atoms in total. The highest BCUT2D eigenvalue weighted by Crippen LogP contribution is 2.38. The van der Waals surface area contributed by atoms with Gasteiger partial charge in [0.15, 0.2) is 0 Å². The molecule has 2 heteroatoms. The number of hydrogen-bond donors (Lipinski definition) is 1. The summed E-state index contributed by atoms with van der Waals surface area (Å²) < 4.78 is 0. The van der Waals surface area contributed by atoms with Crippen LogP contribution in [0.3, 0.4) is 0 Å². The lowest BCUT2D eigenvalue weighted by molar-refractivity contribution is 0.0882. The number of nitrogens with zero attached hydrogens (tertiary/aromatic N) is 1. The summed E-state index contributed by atoms with van der Waals surface area (Å²) in [6.45, 7) is 16.8. The van der Waals surface area contributed by atoms with E-state index in [4.69, 9.17) is 0 Å². The molecule has 1 N–H and O–H groups in total. The third-order valence-electron chi connectivity index (χ3n) is 5.87. The van der Waals surface area contributed by atoms with Gasteiger partial charge in [-0.05, 0) is 70.6 Å². The molecule has 0 spiro atoms. The van der Waals surface area contributed by atoms with E-state index in [0.29, 0.717) is 11.0 Å². The minimum atomic E-state index is 0.343. The predicted molar refractivity (Wildman–Crippen MR) is 92.7 cm³/mol. The van der Waals surface area contributed by atoms with Crippen molar-refractivity contribution in [3.8, 4) is 0 Å². The molecule has 0 aromatic heterocycles. The lowest BCUT2D eigenvalue weighted by Gasteiger charge is -2.43. The van der Waals surface area contributed by atoms with Crippen LogP contribution in [0.5, 0.6) is 0 Å². The maximum Gasteiger partial charge on any atom is 0.0125 e. The highest BCUT2D eigenvalue weighted by molar-refractivity contribution is 4.88. The first-order valence-electron chi connectivity index (χ1n) is 9.17. The molecule has 1 saturated heterocycles. The molecule has 1 saturated carbocycles. The third-order valence-corrected chi connectivity index (χ3v) is 5.87. The molecule has 1 aliphatic heterocycles. The van der Waals surface area contributed by atoms with Crippen LogP contribution in [0.2, 0.25) is 0 Å². The fraction of sp³-hybridized carbons (Fsp3) is 1.00. The number of piperidine rings is 1. The van der Waals surface area contributed by atoms with Crippen molar-refractivity contribution in [1.82, 2.24) is 10.2 Å². The van der Waals surface area contributed by atoms with E-state index in [9.17, 15) is 0 Å². The van der Waals surface area contributed by atoms with Gasteiger partial charge in [-0.2, -0.15) is 0 Å². The van der Waals surface area contributed by atoms with Crippen LogP contribution in [0.1, 0.15) is 80.1 Å². The number of nitrogens with one attached hydrogen (secondary N) is 1. The Morgan fingerprint density at radius 2 is 1.19 bits per heavy atom. The SMILES string of the molecule is CC(C)(C)C1CCC(NC2CCN(C(C)(C)C)CC2)CC1. The Morgan fingerprint density at radius 3 is 1.62 bits per heavy atom. The monoisotopic (exact) mass is 294 g/mol. The molecule has 21 heavy (non-hydrogen) atoms. The summed E-state index contributed by atoms with van der Waals surface area (Å²) in [7, 11) is 0. The Morgan fingerprint density at radius 1 is 0.714 bits per heavy atom. The van der Waals surface area contributed by atoms with Gasteiger partial charge in [0.25, 0.3) is 0 Å². The zero-order valence-electron chi connectivity index (χ0n) is 15.3. The Balaban J connectivity index is 1.71. The summed E-state index contributed by atoms with van der Waals surface area (Å²) in [6.07, 6.45) is 8.28. The van der Waals surface area contributed by atoms with Crippen molar-refractivity contribution in [2.75, 3.05) is 13.1 Å². The van der Waals surface area contributed by atoms with Gasteiger partial charge in [-0.1, -0.05) is 20.8 Å². The molecule has 124 valence electrons. The molecule has 0 atom stereocenters. The van der Waals surface area contributed by atoms with Crippen molar-refractivity contribution in [1.29, 1.82) is 0 Å². The maximum absolute atomic E-state index is 3.98. The topological polar surface area (TPSA) is 15.3 Å². The predicted octanol–water partition coefficient (Wildman–Crippen LogP) is 4.44. The van der Waals surface area contributed by atoms with Crippen molar-refractivity contribution in [3.63, 3.8) is 0 Å². The first-order chi connectivity index (χ1) is 9.66. The van der Waals surface area contributed by atoms with E-state index >= 15 is 0 Å². The second-order valence-corrected chi connectivity index (χ2v) is 9.51. The number of rotatable bonds is 2. The summed E-state index contributed by atoms with van der Waals surface area (Å²) in [4.78, 5) is 2.64. The minimum absolute atomic E-state index is 0.343. The summed E-state index contributed by atoms with van der Waals surface area (Å²) in [5.74, 6) is 0.929. The van der Waals surface area contributed by atoms with Crippen LogP contribution in [0, 0.1) is 11.3 Å². The van der Waals surface area contributed by atoms with Crippen molar-refractivity contribution in [2.45, 2.75) is 97.7 Å². The maximum atomic E-state index is 3.98. The van der Waals surface area contributed by atoms with Gasteiger partial charge in [0.1, 0.15) is 0 Å². The van der Waals surface area contributed by atoms with Gasteiger partial charge in [-0.25, -0.2) is 0 Å². The lowest BCUT2D eigenvalue weighted by Crippen LogP contribution is -2.52. The van der Waals surface area contributed by atoms with Crippen LogP contribution in [-0.2, 0) is 0 Å². The van der Waals surface area contributed by atoms with Gasteiger partial charge in [-0.15, -0.1) is 0 Å². The average Bonchev–Trinajstić information content (AvgIpc) is 2.38. The summed E-state index contributed by atoms with van der Waals surface area (Å²) in [5.41, 5.74) is 0.846. The highest BCUT2D eigenvalue weighted by Gasteiger charge is 2.32. The zero-order valence-corrected chi connectivity index (χ0v) is 15.3. The van der Waals surface area contributed by atoms with Gasteiger partial charge >= 0.3 is 0 Å². The van der Waals surface area contributed by atoms with Gasteiger partial charge in [-0.3, -0.25) is 4.90 Å². The van der Waals surface area contributed by atoms with E-state index < -0.39 is 0 Å². The van der Waals surface area contributed by atoms with Crippen molar-refractivity contribution in [3.05, 3.63) is 0 Å². The molecule has 0 aromatic carbocycles. The van der Waals surface area contributed by atoms with Gasteiger partial charge < -0.3 is 5.32 Å². The Bertz CT molecular complexity index is 275. The van der Waals surface area contributed by atoms with Crippen molar-refractivity contribution < 1.29 is 0 Å². The fourth-order valence-electron chi connectivity index (χ4n) is 4.18. The van der Waals surface area contributed by atoms with Crippen LogP contribution < -0.4 is 5.32 Å². The molecular weight excluding hydrogens is 256 g/mol. The van der Waals surface area contributed by atoms with E-state index in [1.807, 2.05) is 0 Å². The smallest absolute Gasteiger partial charge is 0.0125 e. The Hall–Kier alpha value is -0.0800. The third kappa shape index (κ3) is 4.96. The number of hydrogen-bond acceptors (Lipinski definition) is 2. The van der Waals surface area contributed by atoms with Crippen LogP contribution in [0.4, 0.5) is 0 Å². The minimum Gasteiger partial charge on any atom is -0.311 e. The van der Waals surface area contributed by atoms with Crippen molar-refractivity contribution in [2.24, 2.45) is 11.3 Å². The van der Waals surface area contributed by atoms with Gasteiger partial charge in [0, 0.05) is 30.7 Å². The summed E-state index contributed by atoms with van der Waals surface area (Å²) in [6, 6.07) is 1.55. The van der Waals surface area contributed by atoms with E-state index in [-0.39, 0.29) is 0 Å². The molecule has 0 amide bonds. The van der Waals surface area contributed by atoms with Crippen LogP contribution >= 0.6 is 0 Å².